The number of nitrogens with one attached hydrogen (secondary N) is 1. The van der Waals surface area contributed by atoms with Crippen LogP contribution in [0.25, 0.3) is 10.9 Å². The largest absolute Gasteiger partial charge is 0.497 e. The monoisotopic (exact) mass is 563 g/mol. The van der Waals surface area contributed by atoms with Crippen molar-refractivity contribution in [2.45, 2.75) is 26.4 Å². The van der Waals surface area contributed by atoms with Crippen molar-refractivity contribution >= 4 is 22.7 Å². The zero-order chi connectivity index (χ0) is 29.5. The minimum atomic E-state index is -0.359. The highest BCUT2D eigenvalue weighted by molar-refractivity contribution is 5.97. The number of para-hydroxylation sites is 1. The maximum absolute atomic E-state index is 14.0. The molecule has 0 bridgehead atoms. The Morgan fingerprint density at radius 3 is 2.26 bits per heavy atom. The number of rotatable bonds is 11. The first-order valence-corrected chi connectivity index (χ1v) is 14.0. The first-order valence-electron chi connectivity index (χ1n) is 14.0. The number of amides is 2. The third kappa shape index (κ3) is 7.04. The number of carbonyl (C=O) groups excluding carboxylic acids is 2. The highest BCUT2D eigenvalue weighted by atomic mass is 19.1. The minimum Gasteiger partial charge on any atom is -0.497 e. The fourth-order valence-corrected chi connectivity index (χ4v) is 5.01. The number of ether oxygens (including phenoxy) is 1. The minimum absolute atomic E-state index is 0.132. The molecule has 0 unspecified atom stereocenters. The Hall–Kier alpha value is -4.91. The van der Waals surface area contributed by atoms with Crippen LogP contribution < -0.4 is 4.74 Å². The molecule has 6 nitrogen and oxygen atoms in total. The Labute approximate surface area is 245 Å². The van der Waals surface area contributed by atoms with E-state index in [2.05, 4.69) is 11.1 Å². The van der Waals surface area contributed by atoms with E-state index in [1.807, 2.05) is 60.5 Å². The maximum Gasteiger partial charge on any atom is 0.254 e. The SMILES string of the molecule is COc1cccc(C(=O)N(CC(=O)N(CCc2c[nH]c3ccccc23)Cc2ccc(C)cc2)Cc2ccc(F)cc2)c1. The van der Waals surface area contributed by atoms with E-state index in [1.165, 1.54) is 17.0 Å². The van der Waals surface area contributed by atoms with Crippen LogP contribution in [-0.2, 0) is 24.3 Å². The van der Waals surface area contributed by atoms with Gasteiger partial charge in [-0.15, -0.1) is 0 Å². The van der Waals surface area contributed by atoms with E-state index in [4.69, 9.17) is 4.74 Å². The Morgan fingerprint density at radius 1 is 0.833 bits per heavy atom. The van der Waals surface area contributed by atoms with Crippen LogP contribution in [-0.4, -0.2) is 46.8 Å². The standard InChI is InChI=1S/C35H34FN3O3/c1-25-10-12-26(13-11-25)22-38(19-18-29-21-37-33-9-4-3-8-32(29)33)34(40)24-39(23-27-14-16-30(36)17-15-27)35(41)28-6-5-7-31(20-28)42-2/h3-17,20-21,37H,18-19,22-24H2,1-2H3. The summed E-state index contributed by atoms with van der Waals surface area (Å²) in [6.07, 6.45) is 2.65. The second-order valence-corrected chi connectivity index (χ2v) is 10.4. The van der Waals surface area contributed by atoms with Crippen LogP contribution in [0.2, 0.25) is 0 Å². The number of hydrogen-bond acceptors (Lipinski definition) is 3. The van der Waals surface area contributed by atoms with Gasteiger partial charge in [-0.05, 0) is 66.4 Å². The molecule has 5 aromatic rings. The molecule has 1 N–H and O–H groups in total. The number of hydrogen-bond donors (Lipinski definition) is 1. The van der Waals surface area contributed by atoms with E-state index in [0.717, 1.165) is 33.2 Å². The van der Waals surface area contributed by atoms with Crippen LogP contribution in [0.3, 0.4) is 0 Å². The molecule has 0 saturated carbocycles. The van der Waals surface area contributed by atoms with E-state index < -0.39 is 0 Å². The topological polar surface area (TPSA) is 65.6 Å². The summed E-state index contributed by atoms with van der Waals surface area (Å²) in [4.78, 5) is 34.4. The molecule has 1 heterocycles. The number of aromatic amines is 1. The van der Waals surface area contributed by atoms with Crippen molar-refractivity contribution in [3.05, 3.63) is 137 Å². The first kappa shape index (κ1) is 28.6. The summed E-state index contributed by atoms with van der Waals surface area (Å²) in [6, 6.07) is 29.1. The van der Waals surface area contributed by atoms with Gasteiger partial charge in [0.1, 0.15) is 18.1 Å². The van der Waals surface area contributed by atoms with Gasteiger partial charge in [0.05, 0.1) is 7.11 Å². The normalized spacial score (nSPS) is 10.9. The summed E-state index contributed by atoms with van der Waals surface area (Å²) in [6.45, 7) is 2.95. The number of aromatic nitrogens is 1. The van der Waals surface area contributed by atoms with Crippen LogP contribution in [0, 0.1) is 12.7 Å². The predicted molar refractivity (Wildman–Crippen MR) is 163 cm³/mol. The molecular weight excluding hydrogens is 529 g/mol. The summed E-state index contributed by atoms with van der Waals surface area (Å²) >= 11 is 0. The number of carbonyl (C=O) groups is 2. The van der Waals surface area contributed by atoms with Crippen LogP contribution in [0.15, 0.2) is 103 Å². The fourth-order valence-electron chi connectivity index (χ4n) is 5.01. The number of H-pyrrole nitrogens is 1. The molecule has 5 rings (SSSR count). The molecule has 2 amide bonds. The highest BCUT2D eigenvalue weighted by Gasteiger charge is 2.24. The van der Waals surface area contributed by atoms with Crippen LogP contribution in [0.5, 0.6) is 5.75 Å². The Balaban J connectivity index is 1.41. The van der Waals surface area contributed by atoms with E-state index in [-0.39, 0.29) is 30.7 Å². The van der Waals surface area contributed by atoms with E-state index in [0.29, 0.717) is 30.8 Å². The molecule has 0 aliphatic rings. The van der Waals surface area contributed by atoms with Crippen LogP contribution >= 0.6 is 0 Å². The van der Waals surface area contributed by atoms with Gasteiger partial charge in [-0.2, -0.15) is 0 Å². The molecular formula is C35H34FN3O3. The average molecular weight is 564 g/mol. The number of benzene rings is 4. The summed E-state index contributed by atoms with van der Waals surface area (Å²) in [5, 5.41) is 1.13. The van der Waals surface area contributed by atoms with Gasteiger partial charge >= 0.3 is 0 Å². The maximum atomic E-state index is 14.0. The second kappa shape index (κ2) is 13.2. The van der Waals surface area contributed by atoms with Gasteiger partial charge in [-0.1, -0.05) is 66.2 Å². The van der Waals surface area contributed by atoms with Gasteiger partial charge in [-0.25, -0.2) is 4.39 Å². The molecule has 0 fully saturated rings. The number of nitrogens with zero attached hydrogens (tertiary/aromatic N) is 2. The lowest BCUT2D eigenvalue weighted by atomic mass is 10.1. The first-order chi connectivity index (χ1) is 20.4. The fraction of sp³-hybridized carbons (Fsp3) is 0.200. The molecule has 0 radical (unpaired) electrons. The van der Waals surface area contributed by atoms with E-state index in [1.54, 1.807) is 43.5 Å². The second-order valence-electron chi connectivity index (χ2n) is 10.4. The molecule has 0 spiro atoms. The van der Waals surface area contributed by atoms with Crippen LogP contribution in [0.4, 0.5) is 4.39 Å². The number of fused-ring (bicyclic) bond motifs is 1. The summed E-state index contributed by atoms with van der Waals surface area (Å²) in [7, 11) is 1.54. The molecule has 214 valence electrons. The van der Waals surface area contributed by atoms with Crippen molar-refractivity contribution in [1.29, 1.82) is 0 Å². The Bertz CT molecular complexity index is 1660. The van der Waals surface area contributed by atoms with Crippen molar-refractivity contribution in [3.63, 3.8) is 0 Å². The summed E-state index contributed by atoms with van der Waals surface area (Å²) < 4.78 is 18.9. The number of aryl methyl sites for hydroxylation is 1. The molecule has 0 atom stereocenters. The quantitative estimate of drug-likeness (QED) is 0.199. The smallest absolute Gasteiger partial charge is 0.254 e. The van der Waals surface area contributed by atoms with Gasteiger partial charge in [0.15, 0.2) is 0 Å². The van der Waals surface area contributed by atoms with Gasteiger partial charge < -0.3 is 19.5 Å². The Kier molecular flexibility index (Phi) is 8.97. The summed E-state index contributed by atoms with van der Waals surface area (Å²) in [5.74, 6) is -0.289. The lowest BCUT2D eigenvalue weighted by Gasteiger charge is -2.28. The number of methoxy groups -OCH3 is 1. The van der Waals surface area contributed by atoms with Crippen molar-refractivity contribution in [2.75, 3.05) is 20.2 Å². The van der Waals surface area contributed by atoms with Crippen molar-refractivity contribution < 1.29 is 18.7 Å². The van der Waals surface area contributed by atoms with E-state index in [9.17, 15) is 14.0 Å². The lowest BCUT2D eigenvalue weighted by molar-refractivity contribution is -0.132. The van der Waals surface area contributed by atoms with Crippen molar-refractivity contribution in [3.8, 4) is 5.75 Å². The number of halogens is 1. The molecule has 0 aliphatic carbocycles. The van der Waals surface area contributed by atoms with Crippen LogP contribution in [0.1, 0.15) is 32.6 Å². The van der Waals surface area contributed by atoms with Crippen molar-refractivity contribution in [2.24, 2.45) is 0 Å². The average Bonchev–Trinajstić information content (AvgIpc) is 3.43. The summed E-state index contributed by atoms with van der Waals surface area (Å²) in [5.41, 5.74) is 5.47. The van der Waals surface area contributed by atoms with E-state index >= 15 is 0 Å². The molecule has 42 heavy (non-hydrogen) atoms. The molecule has 0 aliphatic heterocycles. The molecule has 1 aromatic heterocycles. The third-order valence-electron chi connectivity index (χ3n) is 7.39. The molecule has 4 aromatic carbocycles. The predicted octanol–water partition coefficient (Wildman–Crippen LogP) is 6.54. The zero-order valence-corrected chi connectivity index (χ0v) is 23.8. The van der Waals surface area contributed by atoms with Gasteiger partial charge in [0.25, 0.3) is 5.91 Å². The highest BCUT2D eigenvalue weighted by Crippen LogP contribution is 2.20. The van der Waals surface area contributed by atoms with Crippen molar-refractivity contribution in [1.82, 2.24) is 14.8 Å². The van der Waals surface area contributed by atoms with Gasteiger partial charge in [-0.3, -0.25) is 9.59 Å². The Morgan fingerprint density at radius 2 is 1.52 bits per heavy atom. The zero-order valence-electron chi connectivity index (χ0n) is 23.8. The molecule has 0 saturated heterocycles. The lowest BCUT2D eigenvalue weighted by Crippen LogP contribution is -2.43. The third-order valence-corrected chi connectivity index (χ3v) is 7.39. The molecule has 7 heteroatoms. The van der Waals surface area contributed by atoms with Gasteiger partial charge in [0.2, 0.25) is 5.91 Å². The van der Waals surface area contributed by atoms with Gasteiger partial charge in [0, 0.05) is 42.3 Å².